The number of benzene rings is 3. The molecule has 2 fully saturated rings. The van der Waals surface area contributed by atoms with Crippen LogP contribution in [0.5, 0.6) is 11.5 Å². The lowest BCUT2D eigenvalue weighted by molar-refractivity contribution is -0.265. The third-order valence-corrected chi connectivity index (χ3v) is 8.47. The quantitative estimate of drug-likeness (QED) is 0.247. The summed E-state index contributed by atoms with van der Waals surface area (Å²) < 4.78 is 0. The van der Waals surface area contributed by atoms with Gasteiger partial charge in [-0.1, -0.05) is 68.4 Å². The molecule has 12 heteroatoms. The number of aromatic hydroxyl groups is 2. The second-order valence-corrected chi connectivity index (χ2v) is 12.3. The van der Waals surface area contributed by atoms with Crippen LogP contribution in [0.1, 0.15) is 37.0 Å². The van der Waals surface area contributed by atoms with E-state index >= 15 is 0 Å². The van der Waals surface area contributed by atoms with E-state index in [1.54, 1.807) is 24.3 Å². The normalized spacial score (nSPS) is 20.2. The highest BCUT2D eigenvalue weighted by Crippen LogP contribution is 2.32. The number of hydrogen-bond acceptors (Lipinski definition) is 7. The maximum Gasteiger partial charge on any atom is 0.433 e. The molecule has 3 aromatic carbocycles. The van der Waals surface area contributed by atoms with Crippen LogP contribution in [-0.2, 0) is 38.5 Å². The van der Waals surface area contributed by atoms with Gasteiger partial charge >= 0.3 is 6.09 Å². The summed E-state index contributed by atoms with van der Waals surface area (Å²) in [6, 6.07) is 19.9. The number of nitrogens with zero attached hydrogens (tertiary/aromatic N) is 3. The van der Waals surface area contributed by atoms with Crippen molar-refractivity contribution in [1.29, 1.82) is 0 Å². The van der Waals surface area contributed by atoms with Gasteiger partial charge in [0.25, 0.3) is 5.91 Å². The van der Waals surface area contributed by atoms with Gasteiger partial charge < -0.3 is 30.4 Å². The summed E-state index contributed by atoms with van der Waals surface area (Å²) >= 11 is 0. The highest BCUT2D eigenvalue weighted by atomic mass is 16.7. The van der Waals surface area contributed by atoms with Gasteiger partial charge in [-0.3, -0.25) is 19.2 Å². The van der Waals surface area contributed by atoms with Gasteiger partial charge in [-0.05, 0) is 59.7 Å². The third kappa shape index (κ3) is 7.83. The molecule has 12 nitrogen and oxygen atoms in total. The Morgan fingerprint density at radius 2 is 1.45 bits per heavy atom. The summed E-state index contributed by atoms with van der Waals surface area (Å²) in [5, 5.41) is 33.5. The summed E-state index contributed by atoms with van der Waals surface area (Å²) in [6.45, 7) is 3.94. The maximum absolute atomic E-state index is 14.5. The SMILES string of the molecule is CC(C)C[C@@H](C(=O)NCCc1ccccc1)N1CC2N(C(=O)O)O[C@H](Cc3ccc(O)cc3)C(=O)N2[C@@H](Cc2ccc(O)cc2)C1=O. The number of amides is 4. The molecule has 0 radical (unpaired) electrons. The lowest BCUT2D eigenvalue weighted by Crippen LogP contribution is -2.75. The first kappa shape index (κ1) is 33.3. The van der Waals surface area contributed by atoms with Crippen molar-refractivity contribution in [3.63, 3.8) is 0 Å². The van der Waals surface area contributed by atoms with Crippen LogP contribution in [0, 0.1) is 5.92 Å². The Morgan fingerprint density at radius 1 is 0.851 bits per heavy atom. The van der Waals surface area contributed by atoms with E-state index in [1.165, 1.54) is 34.1 Å². The number of fused-ring (bicyclic) bond motifs is 1. The summed E-state index contributed by atoms with van der Waals surface area (Å²) in [6.07, 6.45) is -3.02. The van der Waals surface area contributed by atoms with Crippen LogP contribution in [0.15, 0.2) is 78.9 Å². The monoisotopic (exact) mass is 644 g/mol. The lowest BCUT2D eigenvalue weighted by Gasteiger charge is -2.53. The van der Waals surface area contributed by atoms with Crippen molar-refractivity contribution < 1.29 is 39.3 Å². The lowest BCUT2D eigenvalue weighted by atomic mass is 9.94. The van der Waals surface area contributed by atoms with Crippen LogP contribution in [-0.4, -0.2) is 91.4 Å². The van der Waals surface area contributed by atoms with Crippen LogP contribution in [0.3, 0.4) is 0 Å². The van der Waals surface area contributed by atoms with Gasteiger partial charge in [-0.15, -0.1) is 0 Å². The highest BCUT2D eigenvalue weighted by Gasteiger charge is 2.54. The van der Waals surface area contributed by atoms with Gasteiger partial charge in [0.05, 0.1) is 6.54 Å². The largest absolute Gasteiger partial charge is 0.508 e. The first-order valence-corrected chi connectivity index (χ1v) is 15.7. The fourth-order valence-electron chi connectivity index (χ4n) is 6.16. The molecule has 1 unspecified atom stereocenters. The first-order valence-electron chi connectivity index (χ1n) is 15.7. The Kier molecular flexibility index (Phi) is 10.3. The molecular formula is C35H40N4O8. The van der Waals surface area contributed by atoms with Crippen molar-refractivity contribution in [3.05, 3.63) is 95.6 Å². The molecule has 2 saturated heterocycles. The fourth-order valence-corrected chi connectivity index (χ4v) is 6.16. The van der Waals surface area contributed by atoms with Gasteiger partial charge in [-0.2, -0.15) is 5.06 Å². The zero-order valence-corrected chi connectivity index (χ0v) is 26.4. The zero-order chi connectivity index (χ0) is 33.7. The second kappa shape index (κ2) is 14.5. The topological polar surface area (TPSA) is 160 Å². The van der Waals surface area contributed by atoms with Gasteiger partial charge in [-0.25, -0.2) is 4.79 Å². The summed E-state index contributed by atoms with van der Waals surface area (Å²) in [5.74, 6) is -1.34. The van der Waals surface area contributed by atoms with Crippen LogP contribution >= 0.6 is 0 Å². The number of hydroxylamine groups is 2. The second-order valence-electron chi connectivity index (χ2n) is 12.3. The number of phenolic OH excluding ortho intramolecular Hbond substituents is 2. The number of rotatable bonds is 11. The number of nitrogens with one attached hydrogen (secondary N) is 1. The smallest absolute Gasteiger partial charge is 0.433 e. The molecular weight excluding hydrogens is 604 g/mol. The van der Waals surface area contributed by atoms with Gasteiger partial charge in [0.1, 0.15) is 23.6 Å². The number of hydrogen-bond donors (Lipinski definition) is 4. The van der Waals surface area contributed by atoms with E-state index in [0.29, 0.717) is 35.6 Å². The van der Waals surface area contributed by atoms with E-state index in [0.717, 1.165) is 5.56 Å². The molecule has 0 bridgehead atoms. The van der Waals surface area contributed by atoms with Crippen molar-refractivity contribution in [3.8, 4) is 11.5 Å². The van der Waals surface area contributed by atoms with Crippen LogP contribution in [0.25, 0.3) is 0 Å². The van der Waals surface area contributed by atoms with Crippen molar-refractivity contribution in [1.82, 2.24) is 20.2 Å². The minimum atomic E-state index is -1.45. The molecule has 5 rings (SSSR count). The van der Waals surface area contributed by atoms with Crippen LogP contribution in [0.2, 0.25) is 0 Å². The number of phenols is 2. The standard InChI is InChI=1S/C35H40N4O8/c1-22(2)18-28(32(42)36-17-16-23-6-4-3-5-7-23)37-21-31-38(29(33(37)43)19-24-8-12-26(40)13-9-24)34(44)30(47-39(31)35(45)46)20-25-10-14-27(41)15-11-25/h3-15,22,28-31,40-41H,16-21H2,1-2H3,(H,36,42)(H,45,46)/t28-,29-,30+,31?/m0/s1. The van der Waals surface area contributed by atoms with Crippen LogP contribution in [0.4, 0.5) is 4.79 Å². The van der Waals surface area contributed by atoms with E-state index in [9.17, 15) is 34.5 Å². The van der Waals surface area contributed by atoms with Gasteiger partial charge in [0.2, 0.25) is 11.8 Å². The van der Waals surface area contributed by atoms with E-state index in [4.69, 9.17) is 4.84 Å². The molecule has 4 atom stereocenters. The Hall–Kier alpha value is -5.10. The zero-order valence-electron chi connectivity index (χ0n) is 26.4. The van der Waals surface area contributed by atoms with Gasteiger partial charge in [0.15, 0.2) is 12.3 Å². The third-order valence-electron chi connectivity index (χ3n) is 8.47. The Bertz CT molecular complexity index is 1560. The maximum atomic E-state index is 14.5. The molecule has 47 heavy (non-hydrogen) atoms. The fraction of sp³-hybridized carbons (Fsp3) is 0.371. The number of carboxylic acid groups (broad SMARTS) is 1. The van der Waals surface area contributed by atoms with E-state index in [-0.39, 0.29) is 42.7 Å². The summed E-state index contributed by atoms with van der Waals surface area (Å²) in [7, 11) is 0. The average molecular weight is 645 g/mol. The molecule has 2 heterocycles. The molecule has 0 spiro atoms. The molecule has 0 saturated carbocycles. The van der Waals surface area contributed by atoms with Crippen molar-refractivity contribution >= 4 is 23.8 Å². The molecule has 0 aromatic heterocycles. The number of piperazine rings is 1. The van der Waals surface area contributed by atoms with Crippen molar-refractivity contribution in [2.45, 2.75) is 63.9 Å². The van der Waals surface area contributed by atoms with E-state index in [2.05, 4.69) is 5.32 Å². The molecule has 4 amide bonds. The molecule has 248 valence electrons. The number of carbonyl (C=O) groups is 4. The van der Waals surface area contributed by atoms with E-state index < -0.39 is 42.3 Å². The van der Waals surface area contributed by atoms with E-state index in [1.807, 2.05) is 44.2 Å². The minimum Gasteiger partial charge on any atom is -0.508 e. The molecule has 4 N–H and O–H groups in total. The van der Waals surface area contributed by atoms with Crippen LogP contribution < -0.4 is 5.32 Å². The molecule has 0 aliphatic carbocycles. The molecule has 2 aliphatic rings. The Morgan fingerprint density at radius 3 is 2.02 bits per heavy atom. The van der Waals surface area contributed by atoms with Crippen molar-refractivity contribution in [2.75, 3.05) is 13.1 Å². The average Bonchev–Trinajstić information content (AvgIpc) is 3.04. The summed E-state index contributed by atoms with van der Waals surface area (Å²) in [4.78, 5) is 63.4. The first-order chi connectivity index (χ1) is 22.5. The summed E-state index contributed by atoms with van der Waals surface area (Å²) in [5.41, 5.74) is 2.29. The molecule has 3 aromatic rings. The molecule has 2 aliphatic heterocycles. The van der Waals surface area contributed by atoms with Gasteiger partial charge in [0, 0.05) is 19.4 Å². The predicted molar refractivity (Wildman–Crippen MR) is 171 cm³/mol. The Labute approximate surface area is 273 Å². The highest BCUT2D eigenvalue weighted by molar-refractivity contribution is 5.95. The minimum absolute atomic E-state index is 0.00422. The van der Waals surface area contributed by atoms with Crippen molar-refractivity contribution in [2.24, 2.45) is 5.92 Å². The number of carbonyl (C=O) groups excluding carboxylic acids is 3. The Balaban J connectivity index is 1.47. The predicted octanol–water partition coefficient (Wildman–Crippen LogP) is 3.32.